The largest absolute Gasteiger partial charge is 0.232 e. The molecule has 0 aromatic heterocycles. The van der Waals surface area contributed by atoms with Gasteiger partial charge in [0.1, 0.15) is 0 Å². The zero-order valence-corrected chi connectivity index (χ0v) is 8.96. The number of hydrogen-bond donors (Lipinski definition) is 0. The van der Waals surface area contributed by atoms with Crippen molar-refractivity contribution in [3.05, 3.63) is 0 Å². The van der Waals surface area contributed by atoms with Crippen molar-refractivity contribution in [1.29, 1.82) is 0 Å². The van der Waals surface area contributed by atoms with Crippen molar-refractivity contribution in [2.75, 3.05) is 5.75 Å². The second-order valence-electron chi connectivity index (χ2n) is 3.97. The van der Waals surface area contributed by atoms with Gasteiger partial charge in [-0.3, -0.25) is 0 Å². The van der Waals surface area contributed by atoms with Gasteiger partial charge in [-0.2, -0.15) is 0 Å². The van der Waals surface area contributed by atoms with Crippen LogP contribution in [0.4, 0.5) is 0 Å². The highest BCUT2D eigenvalue weighted by Crippen LogP contribution is 2.27. The SMILES string of the molecule is C[C@H](CS(=O)(=O)Cl)C(C)(C)C. The molecule has 0 saturated heterocycles. The molecule has 4 heteroatoms. The Bertz CT molecular complexity index is 213. The summed E-state index contributed by atoms with van der Waals surface area (Å²) in [5.41, 5.74) is 0.00194. The van der Waals surface area contributed by atoms with Gasteiger partial charge in [0.25, 0.3) is 0 Å². The van der Waals surface area contributed by atoms with Gasteiger partial charge in [0.2, 0.25) is 9.05 Å². The average molecular weight is 199 g/mol. The molecule has 0 saturated carbocycles. The van der Waals surface area contributed by atoms with Gasteiger partial charge in [0.15, 0.2) is 0 Å². The number of hydrogen-bond acceptors (Lipinski definition) is 2. The van der Waals surface area contributed by atoms with Crippen LogP contribution >= 0.6 is 10.7 Å². The third-order valence-corrected chi connectivity index (χ3v) is 3.20. The van der Waals surface area contributed by atoms with Gasteiger partial charge in [-0.15, -0.1) is 0 Å². The fourth-order valence-corrected chi connectivity index (χ4v) is 2.21. The molecule has 0 bridgehead atoms. The second kappa shape index (κ2) is 3.31. The molecule has 0 aromatic rings. The van der Waals surface area contributed by atoms with Crippen molar-refractivity contribution in [3.8, 4) is 0 Å². The molecule has 0 rings (SSSR count). The molecule has 0 aromatic carbocycles. The lowest BCUT2D eigenvalue weighted by molar-refractivity contribution is 0.286. The van der Waals surface area contributed by atoms with Crippen LogP contribution in [-0.4, -0.2) is 14.2 Å². The molecule has 0 spiro atoms. The van der Waals surface area contributed by atoms with E-state index in [2.05, 4.69) is 0 Å². The van der Waals surface area contributed by atoms with E-state index in [1.54, 1.807) is 0 Å². The predicted octanol–water partition coefficient (Wildman–Crippen LogP) is 2.24. The molecule has 0 aliphatic carbocycles. The van der Waals surface area contributed by atoms with Crippen LogP contribution < -0.4 is 0 Å². The maximum Gasteiger partial charge on any atom is 0.232 e. The standard InChI is InChI=1S/C7H15ClO2S/c1-6(7(2,3)4)5-11(8,9)10/h6H,5H2,1-4H3/t6-/m1/s1. The highest BCUT2D eigenvalue weighted by atomic mass is 35.7. The average Bonchev–Trinajstić information content (AvgIpc) is 1.56. The number of halogens is 1. The van der Waals surface area contributed by atoms with Crippen LogP contribution in [0.25, 0.3) is 0 Å². The molecule has 0 unspecified atom stereocenters. The Balaban J connectivity index is 4.21. The molecule has 0 N–H and O–H groups in total. The maximum absolute atomic E-state index is 10.7. The fraction of sp³-hybridized carbons (Fsp3) is 1.00. The van der Waals surface area contributed by atoms with E-state index >= 15 is 0 Å². The minimum atomic E-state index is -3.33. The Hall–Kier alpha value is 0.240. The summed E-state index contributed by atoms with van der Waals surface area (Å²) < 4.78 is 21.3. The molecule has 2 nitrogen and oxygen atoms in total. The lowest BCUT2D eigenvalue weighted by Gasteiger charge is -2.25. The Morgan fingerprint density at radius 1 is 1.36 bits per heavy atom. The third-order valence-electron chi connectivity index (χ3n) is 1.93. The van der Waals surface area contributed by atoms with Gasteiger partial charge in [-0.1, -0.05) is 27.7 Å². The summed E-state index contributed by atoms with van der Waals surface area (Å²) in [6.07, 6.45) is 0. The summed E-state index contributed by atoms with van der Waals surface area (Å²) >= 11 is 0. The first kappa shape index (κ1) is 11.2. The Kier molecular flexibility index (Phi) is 3.39. The van der Waals surface area contributed by atoms with E-state index in [0.29, 0.717) is 0 Å². The van der Waals surface area contributed by atoms with Crippen molar-refractivity contribution in [2.45, 2.75) is 27.7 Å². The minimum Gasteiger partial charge on any atom is -0.212 e. The van der Waals surface area contributed by atoms with Crippen LogP contribution in [0.3, 0.4) is 0 Å². The quantitative estimate of drug-likeness (QED) is 0.638. The van der Waals surface area contributed by atoms with Crippen LogP contribution in [0, 0.1) is 11.3 Å². The molecular weight excluding hydrogens is 184 g/mol. The summed E-state index contributed by atoms with van der Waals surface area (Å²) in [5, 5.41) is 0. The summed E-state index contributed by atoms with van der Waals surface area (Å²) in [6.45, 7) is 7.89. The van der Waals surface area contributed by atoms with Crippen molar-refractivity contribution in [2.24, 2.45) is 11.3 Å². The molecule has 0 aliphatic heterocycles. The first-order valence-electron chi connectivity index (χ1n) is 3.55. The van der Waals surface area contributed by atoms with E-state index in [-0.39, 0.29) is 17.1 Å². The molecular formula is C7H15ClO2S. The van der Waals surface area contributed by atoms with Crippen molar-refractivity contribution in [1.82, 2.24) is 0 Å². The summed E-state index contributed by atoms with van der Waals surface area (Å²) in [7, 11) is 1.77. The van der Waals surface area contributed by atoms with E-state index < -0.39 is 9.05 Å². The third kappa shape index (κ3) is 5.50. The van der Waals surface area contributed by atoms with E-state index in [4.69, 9.17) is 10.7 Å². The monoisotopic (exact) mass is 198 g/mol. The van der Waals surface area contributed by atoms with Crippen LogP contribution in [-0.2, 0) is 9.05 Å². The van der Waals surface area contributed by atoms with Crippen molar-refractivity contribution < 1.29 is 8.42 Å². The number of rotatable bonds is 2. The molecule has 0 radical (unpaired) electrons. The highest BCUT2D eigenvalue weighted by molar-refractivity contribution is 8.13. The molecule has 1 atom stereocenters. The zero-order valence-electron chi connectivity index (χ0n) is 7.39. The first-order chi connectivity index (χ1) is 4.63. The lowest BCUT2D eigenvalue weighted by Crippen LogP contribution is -2.23. The van der Waals surface area contributed by atoms with Crippen LogP contribution in [0.2, 0.25) is 0 Å². The van der Waals surface area contributed by atoms with Crippen LogP contribution in [0.15, 0.2) is 0 Å². The van der Waals surface area contributed by atoms with E-state index in [1.807, 2.05) is 27.7 Å². The predicted molar refractivity (Wildman–Crippen MR) is 48.3 cm³/mol. The van der Waals surface area contributed by atoms with Crippen LogP contribution in [0.5, 0.6) is 0 Å². The Morgan fingerprint density at radius 2 is 1.73 bits per heavy atom. The molecule has 0 amide bonds. The zero-order chi connectivity index (χ0) is 9.28. The summed E-state index contributed by atoms with van der Waals surface area (Å²) in [4.78, 5) is 0. The minimum absolute atomic E-state index is 0.00194. The van der Waals surface area contributed by atoms with Crippen LogP contribution in [0.1, 0.15) is 27.7 Å². The van der Waals surface area contributed by atoms with Crippen molar-refractivity contribution >= 4 is 19.7 Å². The molecule has 0 aliphatic rings. The maximum atomic E-state index is 10.7. The lowest BCUT2D eigenvalue weighted by atomic mass is 9.83. The Labute approximate surface area is 73.4 Å². The van der Waals surface area contributed by atoms with Gasteiger partial charge < -0.3 is 0 Å². The smallest absolute Gasteiger partial charge is 0.212 e. The molecule has 68 valence electrons. The second-order valence-corrected chi connectivity index (χ2v) is 6.79. The van der Waals surface area contributed by atoms with Gasteiger partial charge in [0.05, 0.1) is 5.75 Å². The summed E-state index contributed by atoms with van der Waals surface area (Å²) in [5.74, 6) is 0.142. The van der Waals surface area contributed by atoms with E-state index in [9.17, 15) is 8.42 Å². The van der Waals surface area contributed by atoms with Gasteiger partial charge in [-0.25, -0.2) is 8.42 Å². The van der Waals surface area contributed by atoms with Crippen molar-refractivity contribution in [3.63, 3.8) is 0 Å². The molecule has 0 heterocycles. The molecule has 0 fully saturated rings. The molecule has 11 heavy (non-hydrogen) atoms. The summed E-state index contributed by atoms with van der Waals surface area (Å²) in [6, 6.07) is 0. The Morgan fingerprint density at radius 3 is 1.82 bits per heavy atom. The highest BCUT2D eigenvalue weighted by Gasteiger charge is 2.24. The topological polar surface area (TPSA) is 34.1 Å². The van der Waals surface area contributed by atoms with E-state index in [0.717, 1.165) is 0 Å². The van der Waals surface area contributed by atoms with E-state index in [1.165, 1.54) is 0 Å². The normalized spacial score (nSPS) is 16.5. The first-order valence-corrected chi connectivity index (χ1v) is 6.03. The van der Waals surface area contributed by atoms with Gasteiger partial charge >= 0.3 is 0 Å². The van der Waals surface area contributed by atoms with Gasteiger partial charge in [-0.05, 0) is 11.3 Å². The fourth-order valence-electron chi connectivity index (χ4n) is 0.549. The van der Waals surface area contributed by atoms with Gasteiger partial charge in [0, 0.05) is 10.7 Å².